The lowest BCUT2D eigenvalue weighted by atomic mass is 9.97. The van der Waals surface area contributed by atoms with Gasteiger partial charge >= 0.3 is 0 Å². The highest BCUT2D eigenvalue weighted by atomic mass is 32.2. The van der Waals surface area contributed by atoms with E-state index in [9.17, 15) is 0 Å². The number of aryl methyl sites for hydroxylation is 2. The number of furan rings is 1. The van der Waals surface area contributed by atoms with Crippen molar-refractivity contribution in [2.75, 3.05) is 13.1 Å². The highest BCUT2D eigenvalue weighted by Crippen LogP contribution is 2.31. The first-order chi connectivity index (χ1) is 12.7. The fourth-order valence-corrected chi connectivity index (χ4v) is 4.18. The normalized spacial score (nSPS) is 18.3. The Kier molecular flexibility index (Phi) is 5.13. The van der Waals surface area contributed by atoms with Crippen LogP contribution in [0.3, 0.4) is 0 Å². The van der Waals surface area contributed by atoms with Crippen molar-refractivity contribution in [3.05, 3.63) is 59.4 Å². The molecule has 0 radical (unpaired) electrons. The molecule has 1 saturated heterocycles. The smallest absolute Gasteiger partial charge is 0.165 e. The lowest BCUT2D eigenvalue weighted by Gasteiger charge is -2.30. The zero-order chi connectivity index (χ0) is 17.9. The average Bonchev–Trinajstić information content (AvgIpc) is 3.26. The third-order valence-corrected chi connectivity index (χ3v) is 5.67. The summed E-state index contributed by atoms with van der Waals surface area (Å²) in [7, 11) is 0. The minimum Gasteiger partial charge on any atom is -0.453 e. The molecule has 5 nitrogen and oxygen atoms in total. The summed E-state index contributed by atoms with van der Waals surface area (Å²) >= 11 is 1.67. The van der Waals surface area contributed by atoms with E-state index in [1.54, 1.807) is 11.8 Å². The van der Waals surface area contributed by atoms with Gasteiger partial charge in [-0.3, -0.25) is 10.00 Å². The molecule has 1 aromatic carbocycles. The summed E-state index contributed by atoms with van der Waals surface area (Å²) in [4.78, 5) is 8.16. The molecule has 1 N–H and O–H groups in total. The van der Waals surface area contributed by atoms with Gasteiger partial charge in [-0.2, -0.15) is 5.10 Å². The highest BCUT2D eigenvalue weighted by molar-refractivity contribution is 7.99. The number of nitrogens with one attached hydrogen (secondary N) is 1. The van der Waals surface area contributed by atoms with E-state index < -0.39 is 0 Å². The van der Waals surface area contributed by atoms with E-state index in [1.165, 1.54) is 16.9 Å². The van der Waals surface area contributed by atoms with Gasteiger partial charge in [0.25, 0.3) is 0 Å². The third kappa shape index (κ3) is 4.19. The van der Waals surface area contributed by atoms with E-state index in [0.717, 1.165) is 48.6 Å². The predicted molar refractivity (Wildman–Crippen MR) is 102 cm³/mol. The molecular formula is C20H24N4OS. The summed E-state index contributed by atoms with van der Waals surface area (Å²) in [6.07, 6.45) is 2.32. The second-order valence-electron chi connectivity index (χ2n) is 6.99. The van der Waals surface area contributed by atoms with Crippen molar-refractivity contribution in [2.45, 2.75) is 49.1 Å². The Balaban J connectivity index is 1.36. The van der Waals surface area contributed by atoms with Crippen molar-refractivity contribution >= 4 is 11.8 Å². The fraction of sp³-hybridized carbons (Fsp3) is 0.400. The van der Waals surface area contributed by atoms with E-state index in [1.807, 2.05) is 6.92 Å². The number of rotatable bonds is 5. The van der Waals surface area contributed by atoms with Gasteiger partial charge < -0.3 is 4.42 Å². The first kappa shape index (κ1) is 17.4. The molecular weight excluding hydrogens is 344 g/mol. The van der Waals surface area contributed by atoms with Gasteiger partial charge in [0.15, 0.2) is 10.9 Å². The molecule has 0 amide bonds. The standard InChI is InChI=1S/C20H24N4OS/c1-14-5-8-18(9-6-14)26-19-10-7-17(25-19)13-24-11-3-4-16(12-24)20-21-15(2)22-23-20/h5-10,16H,3-4,11-13H2,1-2H3,(H,21,22,23)/t16-/m1/s1. The van der Waals surface area contributed by atoms with Crippen LogP contribution in [0.2, 0.25) is 0 Å². The first-order valence-electron chi connectivity index (χ1n) is 9.10. The number of benzene rings is 1. The number of hydrogen-bond donors (Lipinski definition) is 1. The maximum Gasteiger partial charge on any atom is 0.165 e. The Morgan fingerprint density at radius 1 is 1.19 bits per heavy atom. The van der Waals surface area contributed by atoms with E-state index >= 15 is 0 Å². The molecule has 3 aromatic rings. The Morgan fingerprint density at radius 3 is 2.81 bits per heavy atom. The lowest BCUT2D eigenvalue weighted by molar-refractivity contribution is 0.180. The van der Waals surface area contributed by atoms with Crippen LogP contribution in [-0.4, -0.2) is 33.2 Å². The predicted octanol–water partition coefficient (Wildman–Crippen LogP) is 4.55. The molecule has 2 aromatic heterocycles. The number of H-pyrrole nitrogens is 1. The van der Waals surface area contributed by atoms with E-state index in [2.05, 4.69) is 63.4 Å². The quantitative estimate of drug-likeness (QED) is 0.716. The molecule has 1 aliphatic rings. The second kappa shape index (κ2) is 7.68. The Morgan fingerprint density at radius 2 is 2.04 bits per heavy atom. The van der Waals surface area contributed by atoms with Crippen LogP contribution in [0, 0.1) is 13.8 Å². The van der Waals surface area contributed by atoms with Crippen LogP contribution in [-0.2, 0) is 6.54 Å². The van der Waals surface area contributed by atoms with Gasteiger partial charge in [-0.1, -0.05) is 29.5 Å². The average molecular weight is 369 g/mol. The van der Waals surface area contributed by atoms with Gasteiger partial charge in [0.2, 0.25) is 0 Å². The van der Waals surface area contributed by atoms with Gasteiger partial charge in [-0.15, -0.1) is 0 Å². The number of nitrogens with zero attached hydrogens (tertiary/aromatic N) is 3. The summed E-state index contributed by atoms with van der Waals surface area (Å²) in [5.41, 5.74) is 1.27. The molecule has 0 unspecified atom stereocenters. The van der Waals surface area contributed by atoms with Gasteiger partial charge in [-0.05, 0) is 57.5 Å². The van der Waals surface area contributed by atoms with E-state index in [0.29, 0.717) is 5.92 Å². The number of piperidine rings is 1. The van der Waals surface area contributed by atoms with Crippen molar-refractivity contribution in [3.8, 4) is 0 Å². The molecule has 1 aliphatic heterocycles. The minimum atomic E-state index is 0.407. The van der Waals surface area contributed by atoms with Crippen LogP contribution in [0.25, 0.3) is 0 Å². The molecule has 0 aliphatic carbocycles. The summed E-state index contributed by atoms with van der Waals surface area (Å²) in [5, 5.41) is 8.25. The van der Waals surface area contributed by atoms with Crippen LogP contribution >= 0.6 is 11.8 Å². The molecule has 0 spiro atoms. The van der Waals surface area contributed by atoms with Crippen molar-refractivity contribution in [3.63, 3.8) is 0 Å². The van der Waals surface area contributed by atoms with Gasteiger partial charge in [0.1, 0.15) is 11.6 Å². The van der Waals surface area contributed by atoms with Crippen molar-refractivity contribution in [2.24, 2.45) is 0 Å². The molecule has 0 saturated carbocycles. The second-order valence-corrected chi connectivity index (χ2v) is 8.07. The monoisotopic (exact) mass is 368 g/mol. The Bertz CT molecular complexity index is 855. The molecule has 3 heterocycles. The summed E-state index contributed by atoms with van der Waals surface area (Å²) in [6.45, 7) is 6.98. The zero-order valence-corrected chi connectivity index (χ0v) is 16.1. The first-order valence-corrected chi connectivity index (χ1v) is 9.92. The molecule has 6 heteroatoms. The van der Waals surface area contributed by atoms with E-state index in [-0.39, 0.29) is 0 Å². The van der Waals surface area contributed by atoms with Crippen LogP contribution in [0.4, 0.5) is 0 Å². The minimum absolute atomic E-state index is 0.407. The molecule has 1 fully saturated rings. The SMILES string of the molecule is Cc1ccc(Sc2ccc(CN3CCC[C@@H](c4n[nH]c(C)n4)C3)o2)cc1. The largest absolute Gasteiger partial charge is 0.453 e. The number of likely N-dealkylation sites (tertiary alicyclic amines) is 1. The van der Waals surface area contributed by atoms with E-state index in [4.69, 9.17) is 4.42 Å². The lowest BCUT2D eigenvalue weighted by Crippen LogP contribution is -2.34. The zero-order valence-electron chi connectivity index (χ0n) is 15.2. The summed E-state index contributed by atoms with van der Waals surface area (Å²) < 4.78 is 6.05. The number of hydrogen-bond acceptors (Lipinski definition) is 5. The van der Waals surface area contributed by atoms with Crippen LogP contribution in [0.15, 0.2) is 50.8 Å². The molecule has 1 atom stereocenters. The molecule has 0 bridgehead atoms. The summed E-state index contributed by atoms with van der Waals surface area (Å²) in [5.74, 6) is 3.26. The molecule has 136 valence electrons. The van der Waals surface area contributed by atoms with Crippen molar-refractivity contribution in [1.82, 2.24) is 20.1 Å². The van der Waals surface area contributed by atoms with Crippen molar-refractivity contribution in [1.29, 1.82) is 0 Å². The maximum atomic E-state index is 6.05. The maximum absolute atomic E-state index is 6.05. The Hall–Kier alpha value is -2.05. The van der Waals surface area contributed by atoms with Gasteiger partial charge in [-0.25, -0.2) is 4.98 Å². The Labute approximate surface area is 158 Å². The van der Waals surface area contributed by atoms with Crippen LogP contribution in [0.1, 0.15) is 41.7 Å². The number of aromatic amines is 1. The van der Waals surface area contributed by atoms with Crippen LogP contribution < -0.4 is 0 Å². The topological polar surface area (TPSA) is 58.0 Å². The molecule has 4 rings (SSSR count). The van der Waals surface area contributed by atoms with Crippen LogP contribution in [0.5, 0.6) is 0 Å². The highest BCUT2D eigenvalue weighted by Gasteiger charge is 2.25. The van der Waals surface area contributed by atoms with Gasteiger partial charge in [0, 0.05) is 17.4 Å². The fourth-order valence-electron chi connectivity index (χ4n) is 3.39. The van der Waals surface area contributed by atoms with Gasteiger partial charge in [0.05, 0.1) is 6.54 Å². The number of aromatic nitrogens is 3. The summed E-state index contributed by atoms with van der Waals surface area (Å²) in [6, 6.07) is 12.7. The van der Waals surface area contributed by atoms with Crippen molar-refractivity contribution < 1.29 is 4.42 Å². The third-order valence-electron chi connectivity index (χ3n) is 4.74. The molecule has 26 heavy (non-hydrogen) atoms.